The van der Waals surface area contributed by atoms with Crippen LogP contribution in [0.1, 0.15) is 41.4 Å². The number of aryl methyl sites for hydroxylation is 1. The van der Waals surface area contributed by atoms with Crippen molar-refractivity contribution in [2.24, 2.45) is 5.73 Å². The van der Waals surface area contributed by atoms with Crippen LogP contribution < -0.4 is 15.2 Å². The van der Waals surface area contributed by atoms with Crippen LogP contribution in [0, 0.1) is 6.92 Å². The summed E-state index contributed by atoms with van der Waals surface area (Å²) in [5, 5.41) is 0. The van der Waals surface area contributed by atoms with E-state index in [-0.39, 0.29) is 24.3 Å². The summed E-state index contributed by atoms with van der Waals surface area (Å²) in [4.78, 5) is 31.4. The minimum Gasteiger partial charge on any atom is -0.490 e. The Morgan fingerprint density at radius 3 is 2.87 bits per heavy atom. The standard InChI is InChI=1S/C21H25N3O4S2/c1-13-18(11-19(22)25)30-21(23-13)29-12-20(26)24-7-2-4-15(24)14-5-6-16-17(10-14)28-9-3-8-27-16/h5-6,10,15H,2-4,7-9,11-12H2,1H3,(H2,22,25). The van der Waals surface area contributed by atoms with Crippen molar-refractivity contribution in [3.8, 4) is 11.5 Å². The number of hydrogen-bond acceptors (Lipinski definition) is 7. The number of nitrogens with zero attached hydrogens (tertiary/aromatic N) is 2. The molecule has 1 atom stereocenters. The van der Waals surface area contributed by atoms with E-state index in [0.717, 1.165) is 57.8 Å². The molecule has 2 aliphatic heterocycles. The Balaban J connectivity index is 1.42. The van der Waals surface area contributed by atoms with Gasteiger partial charge in [-0.05, 0) is 37.5 Å². The first kappa shape index (κ1) is 21.0. The fraction of sp³-hybridized carbons (Fsp3) is 0.476. The number of nitrogens with two attached hydrogens (primary N) is 1. The van der Waals surface area contributed by atoms with Crippen molar-refractivity contribution in [1.82, 2.24) is 9.88 Å². The highest BCUT2D eigenvalue weighted by Gasteiger charge is 2.31. The molecule has 1 saturated heterocycles. The van der Waals surface area contributed by atoms with Crippen molar-refractivity contribution in [3.63, 3.8) is 0 Å². The summed E-state index contributed by atoms with van der Waals surface area (Å²) in [6, 6.07) is 6.06. The smallest absolute Gasteiger partial charge is 0.233 e. The highest BCUT2D eigenvalue weighted by Crippen LogP contribution is 2.38. The minimum atomic E-state index is -0.371. The van der Waals surface area contributed by atoms with E-state index in [1.807, 2.05) is 30.0 Å². The van der Waals surface area contributed by atoms with Crippen molar-refractivity contribution >= 4 is 34.9 Å². The van der Waals surface area contributed by atoms with E-state index in [1.165, 1.54) is 23.1 Å². The van der Waals surface area contributed by atoms with Gasteiger partial charge < -0.3 is 20.1 Å². The van der Waals surface area contributed by atoms with E-state index in [1.54, 1.807) is 0 Å². The molecule has 0 aliphatic carbocycles. The summed E-state index contributed by atoms with van der Waals surface area (Å²) in [6.07, 6.45) is 2.98. The lowest BCUT2D eigenvalue weighted by molar-refractivity contribution is -0.129. The first-order valence-corrected chi connectivity index (χ1v) is 11.9. The van der Waals surface area contributed by atoms with Gasteiger partial charge in [-0.25, -0.2) is 4.98 Å². The predicted molar refractivity (Wildman–Crippen MR) is 116 cm³/mol. The Kier molecular flexibility index (Phi) is 6.48. The Morgan fingerprint density at radius 1 is 1.27 bits per heavy atom. The summed E-state index contributed by atoms with van der Waals surface area (Å²) < 4.78 is 12.3. The van der Waals surface area contributed by atoms with Gasteiger partial charge in [-0.3, -0.25) is 9.59 Å². The summed E-state index contributed by atoms with van der Waals surface area (Å²) in [5.41, 5.74) is 7.18. The molecule has 1 fully saturated rings. The lowest BCUT2D eigenvalue weighted by Gasteiger charge is -2.25. The van der Waals surface area contributed by atoms with Gasteiger partial charge in [0.05, 0.1) is 37.1 Å². The molecule has 0 bridgehead atoms. The summed E-state index contributed by atoms with van der Waals surface area (Å²) in [6.45, 7) is 3.92. The Bertz CT molecular complexity index is 946. The molecule has 7 nitrogen and oxygen atoms in total. The van der Waals surface area contributed by atoms with Gasteiger partial charge in [-0.2, -0.15) is 0 Å². The molecule has 9 heteroatoms. The average molecular weight is 448 g/mol. The molecule has 4 rings (SSSR count). The van der Waals surface area contributed by atoms with E-state index in [4.69, 9.17) is 15.2 Å². The molecule has 1 aromatic heterocycles. The van der Waals surface area contributed by atoms with Crippen molar-refractivity contribution in [2.45, 2.75) is 43.0 Å². The Labute approximate surface area is 183 Å². The second-order valence-electron chi connectivity index (χ2n) is 7.42. The van der Waals surface area contributed by atoms with Crippen LogP contribution in [0.2, 0.25) is 0 Å². The first-order chi connectivity index (χ1) is 14.5. The summed E-state index contributed by atoms with van der Waals surface area (Å²) >= 11 is 2.86. The van der Waals surface area contributed by atoms with Gasteiger partial charge >= 0.3 is 0 Å². The molecule has 30 heavy (non-hydrogen) atoms. The van der Waals surface area contributed by atoms with Crippen LogP contribution in [-0.2, 0) is 16.0 Å². The molecule has 160 valence electrons. The maximum atomic E-state index is 13.0. The van der Waals surface area contributed by atoms with Crippen LogP contribution in [0.25, 0.3) is 0 Å². The molecule has 2 aromatic rings. The van der Waals surface area contributed by atoms with E-state index < -0.39 is 0 Å². The molecular formula is C21H25N3O4S2. The van der Waals surface area contributed by atoms with Crippen molar-refractivity contribution < 1.29 is 19.1 Å². The van der Waals surface area contributed by atoms with Crippen LogP contribution in [0.5, 0.6) is 11.5 Å². The number of amides is 2. The zero-order valence-electron chi connectivity index (χ0n) is 16.9. The SMILES string of the molecule is Cc1nc(SCC(=O)N2CCCC2c2ccc3c(c2)OCCCO3)sc1CC(N)=O. The largest absolute Gasteiger partial charge is 0.490 e. The summed E-state index contributed by atoms with van der Waals surface area (Å²) in [7, 11) is 0. The fourth-order valence-corrected chi connectivity index (χ4v) is 5.92. The van der Waals surface area contributed by atoms with E-state index in [0.29, 0.717) is 19.0 Å². The molecule has 0 saturated carbocycles. The van der Waals surface area contributed by atoms with Crippen LogP contribution in [0.4, 0.5) is 0 Å². The topological polar surface area (TPSA) is 94.8 Å². The first-order valence-electron chi connectivity index (χ1n) is 10.1. The third kappa shape index (κ3) is 4.73. The number of primary amides is 1. The quantitative estimate of drug-likeness (QED) is 0.684. The monoisotopic (exact) mass is 447 g/mol. The minimum absolute atomic E-state index is 0.0544. The van der Waals surface area contributed by atoms with Gasteiger partial charge in [-0.1, -0.05) is 17.8 Å². The number of carbonyl (C=O) groups is 2. The Hall–Kier alpha value is -2.26. The molecule has 0 radical (unpaired) electrons. The van der Waals surface area contributed by atoms with Crippen LogP contribution in [0.15, 0.2) is 22.5 Å². The van der Waals surface area contributed by atoms with Gasteiger partial charge in [-0.15, -0.1) is 11.3 Å². The maximum Gasteiger partial charge on any atom is 0.233 e. The molecule has 1 unspecified atom stereocenters. The van der Waals surface area contributed by atoms with E-state index >= 15 is 0 Å². The normalized spacial score (nSPS) is 18.3. The van der Waals surface area contributed by atoms with E-state index in [9.17, 15) is 9.59 Å². The second kappa shape index (κ2) is 9.26. The van der Waals surface area contributed by atoms with Gasteiger partial charge in [0.25, 0.3) is 0 Å². The van der Waals surface area contributed by atoms with E-state index in [2.05, 4.69) is 4.98 Å². The predicted octanol–water partition coefficient (Wildman–Crippen LogP) is 3.10. The summed E-state index contributed by atoms with van der Waals surface area (Å²) in [5.74, 6) is 1.58. The van der Waals surface area contributed by atoms with Gasteiger partial charge in [0, 0.05) is 17.8 Å². The number of thioether (sulfide) groups is 1. The molecule has 2 amide bonds. The maximum absolute atomic E-state index is 13.0. The number of fused-ring (bicyclic) bond motifs is 1. The van der Waals surface area contributed by atoms with Gasteiger partial charge in [0.1, 0.15) is 0 Å². The number of thiazole rings is 1. The number of carbonyl (C=O) groups excluding carboxylic acids is 2. The highest BCUT2D eigenvalue weighted by atomic mass is 32.2. The van der Waals surface area contributed by atoms with Crippen molar-refractivity contribution in [2.75, 3.05) is 25.5 Å². The molecular weight excluding hydrogens is 422 g/mol. The van der Waals surface area contributed by atoms with Crippen LogP contribution >= 0.6 is 23.1 Å². The average Bonchev–Trinajstić information content (AvgIpc) is 3.26. The van der Waals surface area contributed by atoms with Gasteiger partial charge in [0.2, 0.25) is 11.8 Å². The number of rotatable bonds is 6. The third-order valence-electron chi connectivity index (χ3n) is 5.26. The lowest BCUT2D eigenvalue weighted by atomic mass is 10.0. The van der Waals surface area contributed by atoms with Crippen LogP contribution in [0.3, 0.4) is 0 Å². The molecule has 0 spiro atoms. The number of ether oxygens (including phenoxy) is 2. The molecule has 2 aliphatic rings. The Morgan fingerprint density at radius 2 is 2.07 bits per heavy atom. The molecule has 1 aromatic carbocycles. The zero-order valence-corrected chi connectivity index (χ0v) is 18.5. The lowest BCUT2D eigenvalue weighted by Crippen LogP contribution is -2.32. The van der Waals surface area contributed by atoms with Crippen LogP contribution in [-0.4, -0.2) is 47.2 Å². The highest BCUT2D eigenvalue weighted by molar-refractivity contribution is 8.01. The number of benzene rings is 1. The fourth-order valence-electron chi connectivity index (χ4n) is 3.79. The number of hydrogen-bond donors (Lipinski definition) is 1. The number of likely N-dealkylation sites (tertiary alicyclic amines) is 1. The third-order valence-corrected chi connectivity index (χ3v) is 7.54. The second-order valence-corrected chi connectivity index (χ2v) is 9.73. The molecule has 3 heterocycles. The van der Waals surface area contributed by atoms with Crippen molar-refractivity contribution in [3.05, 3.63) is 34.3 Å². The molecule has 2 N–H and O–H groups in total. The zero-order chi connectivity index (χ0) is 21.1. The van der Waals surface area contributed by atoms with Crippen molar-refractivity contribution in [1.29, 1.82) is 0 Å². The van der Waals surface area contributed by atoms with Gasteiger partial charge in [0.15, 0.2) is 15.8 Å². The number of aromatic nitrogens is 1.